The van der Waals surface area contributed by atoms with Gasteiger partial charge in [0.25, 0.3) is 0 Å². The number of rotatable bonds is 1. The molecule has 0 N–H and O–H groups in total. The first kappa shape index (κ1) is 11.8. The second kappa shape index (κ2) is 4.45. The van der Waals surface area contributed by atoms with Crippen LogP contribution in [-0.2, 0) is 11.2 Å². The number of benzene rings is 1. The average Bonchev–Trinajstić information content (AvgIpc) is 2.66. The summed E-state index contributed by atoms with van der Waals surface area (Å²) in [6.45, 7) is 0. The Bertz CT molecular complexity index is 589. The van der Waals surface area contributed by atoms with Crippen LogP contribution >= 0.6 is 23.2 Å². The number of anilines is 1. The number of hydrogen-bond acceptors (Lipinski definition) is 1. The van der Waals surface area contributed by atoms with Gasteiger partial charge in [-0.25, -0.2) is 0 Å². The fourth-order valence-electron chi connectivity index (χ4n) is 2.40. The van der Waals surface area contributed by atoms with Crippen LogP contribution in [0, 0.1) is 0 Å². The van der Waals surface area contributed by atoms with Gasteiger partial charge in [0, 0.05) is 5.03 Å². The first-order valence-electron chi connectivity index (χ1n) is 5.84. The van der Waals surface area contributed by atoms with Gasteiger partial charge in [0.05, 0.1) is 22.8 Å². The highest BCUT2D eigenvalue weighted by Crippen LogP contribution is 2.40. The van der Waals surface area contributed by atoms with Crippen molar-refractivity contribution >= 4 is 34.8 Å². The number of amides is 1. The maximum Gasteiger partial charge on any atom is 0.236 e. The van der Waals surface area contributed by atoms with Gasteiger partial charge in [-0.2, -0.15) is 0 Å². The lowest BCUT2D eigenvalue weighted by molar-refractivity contribution is -0.116. The molecule has 0 bridgehead atoms. The molecular weight excluding hydrogens is 269 g/mol. The standard InChI is InChI=1S/C14H11Cl2NO/c15-10-5-3-6-11(16)14(10)17-12-7-2-1-4-9(12)8-13(17)18/h1-2,4-5,7H,3,6,8H2. The van der Waals surface area contributed by atoms with E-state index < -0.39 is 0 Å². The smallest absolute Gasteiger partial charge is 0.236 e. The first-order chi connectivity index (χ1) is 8.68. The van der Waals surface area contributed by atoms with Gasteiger partial charge in [-0.3, -0.25) is 9.69 Å². The van der Waals surface area contributed by atoms with Crippen LogP contribution in [0.3, 0.4) is 0 Å². The molecule has 0 saturated heterocycles. The molecule has 0 saturated carbocycles. The molecule has 1 aromatic rings. The van der Waals surface area contributed by atoms with Gasteiger partial charge in [0.1, 0.15) is 0 Å². The van der Waals surface area contributed by atoms with Crippen molar-refractivity contribution in [3.8, 4) is 0 Å². The van der Waals surface area contributed by atoms with Gasteiger partial charge in [0.15, 0.2) is 0 Å². The summed E-state index contributed by atoms with van der Waals surface area (Å²) in [7, 11) is 0. The predicted molar refractivity (Wildman–Crippen MR) is 73.7 cm³/mol. The third-order valence-electron chi connectivity index (χ3n) is 3.22. The molecule has 92 valence electrons. The van der Waals surface area contributed by atoms with Gasteiger partial charge in [0.2, 0.25) is 5.91 Å². The summed E-state index contributed by atoms with van der Waals surface area (Å²) >= 11 is 12.5. The van der Waals surface area contributed by atoms with Crippen LogP contribution in [0.1, 0.15) is 18.4 Å². The number of para-hydroxylation sites is 1. The molecule has 0 aromatic heterocycles. The maximum absolute atomic E-state index is 12.2. The molecule has 0 fully saturated rings. The monoisotopic (exact) mass is 279 g/mol. The van der Waals surface area contributed by atoms with E-state index in [4.69, 9.17) is 23.2 Å². The van der Waals surface area contributed by atoms with E-state index in [-0.39, 0.29) is 5.91 Å². The number of nitrogens with zero attached hydrogens (tertiary/aromatic N) is 1. The summed E-state index contributed by atoms with van der Waals surface area (Å²) in [4.78, 5) is 13.8. The van der Waals surface area contributed by atoms with Gasteiger partial charge < -0.3 is 0 Å². The Balaban J connectivity index is 2.13. The quantitative estimate of drug-likeness (QED) is 0.763. The number of carbonyl (C=O) groups excluding carboxylic acids is 1. The third kappa shape index (κ3) is 1.76. The largest absolute Gasteiger partial charge is 0.278 e. The Labute approximate surface area is 115 Å². The summed E-state index contributed by atoms with van der Waals surface area (Å²) < 4.78 is 0. The van der Waals surface area contributed by atoms with Crippen molar-refractivity contribution in [1.82, 2.24) is 0 Å². The molecule has 0 spiro atoms. The van der Waals surface area contributed by atoms with Crippen LogP contribution < -0.4 is 4.90 Å². The Kier molecular flexibility index (Phi) is 2.92. The van der Waals surface area contributed by atoms with Crippen molar-refractivity contribution in [2.24, 2.45) is 0 Å². The van der Waals surface area contributed by atoms with E-state index in [1.165, 1.54) is 0 Å². The third-order valence-corrected chi connectivity index (χ3v) is 3.92. The Hall–Kier alpha value is -1.25. The van der Waals surface area contributed by atoms with E-state index in [2.05, 4.69) is 0 Å². The normalized spacial score (nSPS) is 19.1. The second-order valence-electron chi connectivity index (χ2n) is 4.38. The average molecular weight is 280 g/mol. The Morgan fingerprint density at radius 1 is 1.17 bits per heavy atom. The van der Waals surface area contributed by atoms with Crippen molar-refractivity contribution in [3.05, 3.63) is 51.7 Å². The summed E-state index contributed by atoms with van der Waals surface area (Å²) in [6.07, 6.45) is 3.88. The van der Waals surface area contributed by atoms with E-state index in [0.29, 0.717) is 22.2 Å². The summed E-state index contributed by atoms with van der Waals surface area (Å²) in [5.74, 6) is 0.0257. The van der Waals surface area contributed by atoms with Crippen LogP contribution in [0.25, 0.3) is 0 Å². The van der Waals surface area contributed by atoms with Gasteiger partial charge >= 0.3 is 0 Å². The molecule has 4 heteroatoms. The zero-order chi connectivity index (χ0) is 12.7. The maximum atomic E-state index is 12.2. The molecule has 1 aromatic carbocycles. The van der Waals surface area contributed by atoms with Crippen molar-refractivity contribution in [3.63, 3.8) is 0 Å². The van der Waals surface area contributed by atoms with Crippen LogP contribution in [0.4, 0.5) is 5.69 Å². The molecule has 1 amide bonds. The molecular formula is C14H11Cl2NO. The van der Waals surface area contributed by atoms with E-state index in [9.17, 15) is 4.79 Å². The summed E-state index contributed by atoms with van der Waals surface area (Å²) in [6, 6.07) is 7.74. The van der Waals surface area contributed by atoms with E-state index >= 15 is 0 Å². The molecule has 2 aliphatic rings. The highest BCUT2D eigenvalue weighted by Gasteiger charge is 2.32. The van der Waals surface area contributed by atoms with Crippen LogP contribution in [0.5, 0.6) is 0 Å². The topological polar surface area (TPSA) is 20.3 Å². The number of halogens is 2. The lowest BCUT2D eigenvalue weighted by atomic mass is 10.1. The minimum atomic E-state index is 0.0257. The zero-order valence-corrected chi connectivity index (χ0v) is 11.1. The molecule has 2 nitrogen and oxygen atoms in total. The van der Waals surface area contributed by atoms with Crippen LogP contribution in [-0.4, -0.2) is 5.91 Å². The fourth-order valence-corrected chi connectivity index (χ4v) is 3.05. The molecule has 3 rings (SSSR count). The minimum Gasteiger partial charge on any atom is -0.278 e. The van der Waals surface area contributed by atoms with E-state index in [1.54, 1.807) is 4.90 Å². The van der Waals surface area contributed by atoms with E-state index in [0.717, 1.165) is 24.1 Å². The van der Waals surface area contributed by atoms with Crippen molar-refractivity contribution < 1.29 is 4.79 Å². The van der Waals surface area contributed by atoms with Gasteiger partial charge in [-0.05, 0) is 24.5 Å². The summed E-state index contributed by atoms with van der Waals surface area (Å²) in [5.41, 5.74) is 2.57. The first-order valence-corrected chi connectivity index (χ1v) is 6.59. The van der Waals surface area contributed by atoms with Gasteiger partial charge in [-0.15, -0.1) is 0 Å². The number of carbonyl (C=O) groups is 1. The Morgan fingerprint density at radius 2 is 1.94 bits per heavy atom. The molecule has 0 radical (unpaired) electrons. The van der Waals surface area contributed by atoms with Crippen LogP contribution in [0.2, 0.25) is 0 Å². The highest BCUT2D eigenvalue weighted by atomic mass is 35.5. The number of fused-ring (bicyclic) bond motifs is 1. The SMILES string of the molecule is O=C1Cc2ccccc2N1C1=C(Cl)CCC=C1Cl. The van der Waals surface area contributed by atoms with Gasteiger partial charge in [-0.1, -0.05) is 47.5 Å². The van der Waals surface area contributed by atoms with Crippen molar-refractivity contribution in [1.29, 1.82) is 0 Å². The number of hydrogen-bond donors (Lipinski definition) is 0. The fraction of sp³-hybridized carbons (Fsp3) is 0.214. The molecule has 1 aliphatic carbocycles. The lowest BCUT2D eigenvalue weighted by Crippen LogP contribution is -2.27. The minimum absolute atomic E-state index is 0.0257. The highest BCUT2D eigenvalue weighted by molar-refractivity contribution is 6.37. The van der Waals surface area contributed by atoms with E-state index in [1.807, 2.05) is 30.3 Å². The molecule has 1 heterocycles. The Morgan fingerprint density at radius 3 is 2.72 bits per heavy atom. The molecule has 1 aliphatic heterocycles. The van der Waals surface area contributed by atoms with Crippen LogP contribution in [0.15, 0.2) is 46.1 Å². The molecule has 18 heavy (non-hydrogen) atoms. The lowest BCUT2D eigenvalue weighted by Gasteiger charge is -2.24. The zero-order valence-electron chi connectivity index (χ0n) is 9.62. The van der Waals surface area contributed by atoms with Crippen molar-refractivity contribution in [2.45, 2.75) is 19.3 Å². The number of allylic oxidation sites excluding steroid dienone is 3. The summed E-state index contributed by atoms with van der Waals surface area (Å²) in [5, 5.41) is 1.23. The predicted octanol–water partition coefficient (Wildman–Crippen LogP) is 3.94. The molecule has 0 atom stereocenters. The van der Waals surface area contributed by atoms with Crippen molar-refractivity contribution in [2.75, 3.05) is 4.90 Å². The second-order valence-corrected chi connectivity index (χ2v) is 5.24. The molecule has 0 unspecified atom stereocenters.